The Balaban J connectivity index is 1.96. The van der Waals surface area contributed by atoms with E-state index in [9.17, 15) is 8.42 Å². The predicted molar refractivity (Wildman–Crippen MR) is 88.9 cm³/mol. The summed E-state index contributed by atoms with van der Waals surface area (Å²) in [6, 6.07) is 5.30. The maximum absolute atomic E-state index is 12.4. The summed E-state index contributed by atoms with van der Waals surface area (Å²) in [4.78, 5) is 2.72. The van der Waals surface area contributed by atoms with E-state index in [1.807, 2.05) is 19.1 Å². The molecule has 6 heteroatoms. The van der Waals surface area contributed by atoms with Crippen LogP contribution in [0.4, 0.5) is 0 Å². The van der Waals surface area contributed by atoms with Crippen LogP contribution in [0.25, 0.3) is 0 Å². The Labute approximate surface area is 136 Å². The molecule has 0 atom stereocenters. The zero-order chi connectivity index (χ0) is 15.5. The van der Waals surface area contributed by atoms with Crippen molar-refractivity contribution in [2.24, 2.45) is 5.92 Å². The third kappa shape index (κ3) is 4.52. The fourth-order valence-electron chi connectivity index (χ4n) is 2.64. The minimum atomic E-state index is -3.44. The average Bonchev–Trinajstić information content (AvgIpc) is 2.45. The van der Waals surface area contributed by atoms with Crippen LogP contribution in [0.2, 0.25) is 0 Å². The van der Waals surface area contributed by atoms with Gasteiger partial charge in [-0.2, -0.15) is 0 Å². The highest BCUT2D eigenvalue weighted by Crippen LogP contribution is 2.23. The highest BCUT2D eigenvalue weighted by Gasteiger charge is 2.22. The minimum Gasteiger partial charge on any atom is -0.304 e. The molecule has 0 spiro atoms. The van der Waals surface area contributed by atoms with Gasteiger partial charge >= 0.3 is 0 Å². The zero-order valence-corrected chi connectivity index (χ0v) is 15.0. The van der Waals surface area contributed by atoms with E-state index in [1.54, 1.807) is 6.07 Å². The lowest BCUT2D eigenvalue weighted by Gasteiger charge is -2.31. The normalized spacial score (nSPS) is 18.0. The van der Waals surface area contributed by atoms with Crippen LogP contribution in [0.3, 0.4) is 0 Å². The average molecular weight is 375 g/mol. The lowest BCUT2D eigenvalue weighted by atomic mass is 9.97. The van der Waals surface area contributed by atoms with E-state index in [2.05, 4.69) is 32.5 Å². The van der Waals surface area contributed by atoms with E-state index < -0.39 is 10.0 Å². The van der Waals surface area contributed by atoms with Crippen LogP contribution in [-0.2, 0) is 10.0 Å². The van der Waals surface area contributed by atoms with E-state index >= 15 is 0 Å². The second-order valence-corrected chi connectivity index (χ2v) is 8.25. The summed E-state index contributed by atoms with van der Waals surface area (Å²) in [6.07, 6.45) is 2.12. The predicted octanol–water partition coefficient (Wildman–Crippen LogP) is 2.77. The van der Waals surface area contributed by atoms with Gasteiger partial charge in [0.2, 0.25) is 10.0 Å². The molecule has 0 aromatic heterocycles. The van der Waals surface area contributed by atoms with Crippen molar-refractivity contribution < 1.29 is 8.42 Å². The molecule has 2 rings (SSSR count). The molecule has 0 amide bonds. The first kappa shape index (κ1) is 16.9. The van der Waals surface area contributed by atoms with Crippen molar-refractivity contribution in [2.75, 3.05) is 26.2 Å². The fraction of sp³-hybridized carbons (Fsp3) is 0.600. The van der Waals surface area contributed by atoms with Crippen molar-refractivity contribution in [3.63, 3.8) is 0 Å². The molecule has 1 fully saturated rings. The number of halogens is 1. The van der Waals surface area contributed by atoms with Crippen LogP contribution < -0.4 is 4.72 Å². The smallest absolute Gasteiger partial charge is 0.241 e. The second kappa shape index (κ2) is 7.22. The van der Waals surface area contributed by atoms with Crippen LogP contribution >= 0.6 is 15.9 Å². The third-order valence-electron chi connectivity index (χ3n) is 4.09. The van der Waals surface area contributed by atoms with Gasteiger partial charge < -0.3 is 4.90 Å². The van der Waals surface area contributed by atoms with Crippen LogP contribution in [0, 0.1) is 12.8 Å². The lowest BCUT2D eigenvalue weighted by Crippen LogP contribution is -2.38. The number of hydrogen-bond donors (Lipinski definition) is 1. The van der Waals surface area contributed by atoms with Gasteiger partial charge in [0.1, 0.15) is 0 Å². The minimum absolute atomic E-state index is 0.319. The lowest BCUT2D eigenvalue weighted by molar-refractivity contribution is 0.194. The van der Waals surface area contributed by atoms with Crippen LogP contribution in [0.15, 0.2) is 27.6 Å². The van der Waals surface area contributed by atoms with Crippen LogP contribution in [0.1, 0.15) is 25.3 Å². The molecule has 1 aromatic rings. The molecule has 0 unspecified atom stereocenters. The fourth-order valence-corrected chi connectivity index (χ4v) is 4.94. The van der Waals surface area contributed by atoms with Gasteiger partial charge in [0.15, 0.2) is 0 Å². The number of hydrogen-bond acceptors (Lipinski definition) is 3. The number of likely N-dealkylation sites (tertiary alicyclic amines) is 1. The monoisotopic (exact) mass is 374 g/mol. The highest BCUT2D eigenvalue weighted by molar-refractivity contribution is 9.10. The number of piperidine rings is 1. The topological polar surface area (TPSA) is 49.4 Å². The first-order valence-corrected chi connectivity index (χ1v) is 9.68. The molecule has 0 saturated carbocycles. The Morgan fingerprint density at radius 2 is 2.00 bits per heavy atom. The molecule has 21 heavy (non-hydrogen) atoms. The molecular weight excluding hydrogens is 352 g/mol. The van der Waals surface area contributed by atoms with Crippen molar-refractivity contribution in [1.29, 1.82) is 0 Å². The van der Waals surface area contributed by atoms with Crippen molar-refractivity contribution in [3.05, 3.63) is 28.2 Å². The maximum atomic E-state index is 12.4. The quantitative estimate of drug-likeness (QED) is 0.861. The van der Waals surface area contributed by atoms with Crippen molar-refractivity contribution in [1.82, 2.24) is 9.62 Å². The zero-order valence-electron chi connectivity index (χ0n) is 12.6. The summed E-state index contributed by atoms with van der Waals surface area (Å²) in [6.45, 7) is 7.84. The SMILES string of the molecule is CCN1CCC(CNS(=O)(=O)c2ccc(C)cc2Br)CC1. The number of rotatable bonds is 5. The molecule has 0 aliphatic carbocycles. The van der Waals surface area contributed by atoms with Gasteiger partial charge in [0.25, 0.3) is 0 Å². The van der Waals surface area contributed by atoms with E-state index in [1.165, 1.54) is 0 Å². The molecule has 1 N–H and O–H groups in total. The standard InChI is InChI=1S/C15H23BrN2O2S/c1-3-18-8-6-13(7-9-18)11-17-21(19,20)15-5-4-12(2)10-14(15)16/h4-5,10,13,17H,3,6-9,11H2,1-2H3. The number of nitrogens with zero attached hydrogens (tertiary/aromatic N) is 1. The van der Waals surface area contributed by atoms with Gasteiger partial charge in [-0.15, -0.1) is 0 Å². The molecular formula is C15H23BrN2O2S. The Kier molecular flexibility index (Phi) is 5.82. The van der Waals surface area contributed by atoms with Crippen LogP contribution in [0.5, 0.6) is 0 Å². The van der Waals surface area contributed by atoms with E-state index in [0.29, 0.717) is 21.8 Å². The largest absolute Gasteiger partial charge is 0.304 e. The third-order valence-corrected chi connectivity index (χ3v) is 6.49. The molecule has 118 valence electrons. The Morgan fingerprint density at radius 1 is 1.33 bits per heavy atom. The van der Waals surface area contributed by atoms with E-state index in [-0.39, 0.29) is 0 Å². The highest BCUT2D eigenvalue weighted by atomic mass is 79.9. The van der Waals surface area contributed by atoms with E-state index in [0.717, 1.165) is 38.0 Å². The Hall–Kier alpha value is -0.430. The van der Waals surface area contributed by atoms with Crippen molar-refractivity contribution in [2.45, 2.75) is 31.6 Å². The summed E-state index contributed by atoms with van der Waals surface area (Å²) in [5.74, 6) is 0.437. The first-order chi connectivity index (χ1) is 9.92. The second-order valence-electron chi connectivity index (χ2n) is 5.66. The Morgan fingerprint density at radius 3 is 2.57 bits per heavy atom. The summed E-state index contributed by atoms with van der Waals surface area (Å²) in [5, 5.41) is 0. The number of nitrogens with one attached hydrogen (secondary N) is 1. The van der Waals surface area contributed by atoms with Gasteiger partial charge in [0, 0.05) is 11.0 Å². The van der Waals surface area contributed by atoms with Crippen molar-refractivity contribution in [3.8, 4) is 0 Å². The molecule has 1 heterocycles. The summed E-state index contributed by atoms with van der Waals surface area (Å²) >= 11 is 3.34. The van der Waals surface area contributed by atoms with Crippen LogP contribution in [-0.4, -0.2) is 39.5 Å². The Bertz CT molecular complexity index is 581. The van der Waals surface area contributed by atoms with Gasteiger partial charge in [-0.05, 0) is 78.9 Å². The van der Waals surface area contributed by atoms with E-state index in [4.69, 9.17) is 0 Å². The van der Waals surface area contributed by atoms with Crippen molar-refractivity contribution >= 4 is 26.0 Å². The van der Waals surface area contributed by atoms with Gasteiger partial charge in [-0.1, -0.05) is 13.0 Å². The first-order valence-electron chi connectivity index (χ1n) is 7.40. The number of benzene rings is 1. The number of aryl methyl sites for hydroxylation is 1. The summed E-state index contributed by atoms with van der Waals surface area (Å²) < 4.78 is 28.1. The molecule has 4 nitrogen and oxygen atoms in total. The van der Waals surface area contributed by atoms with Gasteiger partial charge in [0.05, 0.1) is 4.90 Å². The molecule has 1 saturated heterocycles. The molecule has 0 bridgehead atoms. The van der Waals surface area contributed by atoms with Gasteiger partial charge in [-0.3, -0.25) is 0 Å². The number of sulfonamides is 1. The summed E-state index contributed by atoms with van der Waals surface area (Å²) in [5.41, 5.74) is 1.03. The molecule has 0 radical (unpaired) electrons. The molecule has 1 aliphatic heterocycles. The summed E-state index contributed by atoms with van der Waals surface area (Å²) in [7, 11) is -3.44. The molecule has 1 aliphatic rings. The molecule has 1 aromatic carbocycles. The maximum Gasteiger partial charge on any atom is 0.241 e. The van der Waals surface area contributed by atoms with Gasteiger partial charge in [-0.25, -0.2) is 13.1 Å².